The molecule has 9 heteroatoms. The molecule has 4 aromatic rings. The fourth-order valence-electron chi connectivity index (χ4n) is 3.17. The number of rotatable bonds is 8. The number of benzene rings is 1. The molecule has 156 valence electrons. The van der Waals surface area contributed by atoms with Gasteiger partial charge in [0.1, 0.15) is 5.75 Å². The number of thioether (sulfide) groups is 1. The third kappa shape index (κ3) is 4.27. The summed E-state index contributed by atoms with van der Waals surface area (Å²) in [5.41, 5.74) is 1.95. The Kier molecular flexibility index (Phi) is 6.19. The number of aryl methyl sites for hydroxylation is 1. The van der Waals surface area contributed by atoms with Crippen molar-refractivity contribution in [2.75, 3.05) is 0 Å². The maximum atomic E-state index is 12.2. The molecule has 0 saturated carbocycles. The van der Waals surface area contributed by atoms with E-state index in [9.17, 15) is 4.79 Å². The van der Waals surface area contributed by atoms with Crippen molar-refractivity contribution in [2.24, 2.45) is 0 Å². The lowest BCUT2D eigenvalue weighted by atomic mass is 10.2. The highest BCUT2D eigenvalue weighted by Crippen LogP contribution is 2.26. The number of fused-ring (bicyclic) bond motifs is 1. The Morgan fingerprint density at radius 1 is 1.20 bits per heavy atom. The summed E-state index contributed by atoms with van der Waals surface area (Å²) < 4.78 is 9.69. The smallest absolute Gasteiger partial charge is 0.258 e. The second kappa shape index (κ2) is 9.01. The predicted octanol–water partition coefficient (Wildman–Crippen LogP) is 4.36. The summed E-state index contributed by atoms with van der Waals surface area (Å²) >= 11 is 2.97. The van der Waals surface area contributed by atoms with Crippen LogP contribution in [0.1, 0.15) is 44.0 Å². The SMILES string of the molecule is CCc1ccc(OC(C)c2nnc(SCc3cc(=O)n4ccsc4n3)n2CC)cc1. The molecule has 0 fully saturated rings. The van der Waals surface area contributed by atoms with E-state index in [1.165, 1.54) is 28.7 Å². The molecular formula is C21H23N5O2S2. The molecule has 1 aromatic carbocycles. The summed E-state index contributed by atoms with van der Waals surface area (Å²) in [6.07, 6.45) is 2.51. The zero-order valence-electron chi connectivity index (χ0n) is 17.1. The lowest BCUT2D eigenvalue weighted by Gasteiger charge is -2.15. The van der Waals surface area contributed by atoms with Gasteiger partial charge in [0.05, 0.1) is 5.69 Å². The second-order valence-electron chi connectivity index (χ2n) is 6.77. The van der Waals surface area contributed by atoms with Crippen LogP contribution in [0.2, 0.25) is 0 Å². The maximum absolute atomic E-state index is 12.2. The Labute approximate surface area is 182 Å². The molecule has 0 bridgehead atoms. The number of aromatic nitrogens is 5. The Morgan fingerprint density at radius 2 is 2.00 bits per heavy atom. The third-order valence-electron chi connectivity index (χ3n) is 4.78. The lowest BCUT2D eigenvalue weighted by Crippen LogP contribution is -2.13. The van der Waals surface area contributed by atoms with E-state index in [1.54, 1.807) is 16.7 Å². The van der Waals surface area contributed by atoms with Crippen molar-refractivity contribution < 1.29 is 4.74 Å². The third-order valence-corrected chi connectivity index (χ3v) is 6.53. The molecule has 0 aliphatic heterocycles. The minimum atomic E-state index is -0.232. The van der Waals surface area contributed by atoms with Crippen molar-refractivity contribution >= 4 is 28.1 Å². The standard InChI is InChI=1S/C21H23N5O2S2/c1-4-15-6-8-17(9-7-15)28-14(3)19-23-24-21(25(19)5-2)30-13-16-12-18(27)26-10-11-29-20(26)22-16/h6-12,14H,4-5,13H2,1-3H3. The van der Waals surface area contributed by atoms with Gasteiger partial charge in [0, 0.05) is 29.9 Å². The molecule has 1 atom stereocenters. The highest BCUT2D eigenvalue weighted by Gasteiger charge is 2.19. The van der Waals surface area contributed by atoms with Crippen LogP contribution in [0.15, 0.2) is 51.9 Å². The van der Waals surface area contributed by atoms with E-state index in [0.29, 0.717) is 10.7 Å². The van der Waals surface area contributed by atoms with Crippen LogP contribution < -0.4 is 10.3 Å². The van der Waals surface area contributed by atoms with Crippen LogP contribution in [0.3, 0.4) is 0 Å². The first-order chi connectivity index (χ1) is 14.6. The van der Waals surface area contributed by atoms with Crippen molar-refractivity contribution in [3.8, 4) is 5.75 Å². The predicted molar refractivity (Wildman–Crippen MR) is 119 cm³/mol. The summed E-state index contributed by atoms with van der Waals surface area (Å²) in [5.74, 6) is 2.14. The van der Waals surface area contributed by atoms with Crippen LogP contribution >= 0.6 is 23.1 Å². The first-order valence-electron chi connectivity index (χ1n) is 9.86. The molecule has 7 nitrogen and oxygen atoms in total. The zero-order chi connectivity index (χ0) is 21.1. The van der Waals surface area contributed by atoms with Crippen LogP contribution in [0.4, 0.5) is 0 Å². The van der Waals surface area contributed by atoms with Gasteiger partial charge in [-0.25, -0.2) is 4.98 Å². The largest absolute Gasteiger partial charge is 0.483 e. The number of thiazole rings is 1. The van der Waals surface area contributed by atoms with E-state index in [4.69, 9.17) is 4.74 Å². The molecule has 0 radical (unpaired) electrons. The average Bonchev–Trinajstić information content (AvgIpc) is 3.39. The zero-order valence-corrected chi connectivity index (χ0v) is 18.7. The van der Waals surface area contributed by atoms with Crippen molar-refractivity contribution in [1.82, 2.24) is 24.1 Å². The quantitative estimate of drug-likeness (QED) is 0.378. The minimum Gasteiger partial charge on any atom is -0.483 e. The molecule has 0 spiro atoms. The van der Waals surface area contributed by atoms with E-state index in [0.717, 1.165) is 35.4 Å². The molecule has 30 heavy (non-hydrogen) atoms. The van der Waals surface area contributed by atoms with E-state index in [-0.39, 0.29) is 11.7 Å². The summed E-state index contributed by atoms with van der Waals surface area (Å²) in [6, 6.07) is 9.71. The van der Waals surface area contributed by atoms with Crippen LogP contribution in [0.5, 0.6) is 5.75 Å². The van der Waals surface area contributed by atoms with E-state index in [1.807, 2.05) is 29.0 Å². The van der Waals surface area contributed by atoms with Gasteiger partial charge >= 0.3 is 0 Å². The van der Waals surface area contributed by atoms with Gasteiger partial charge in [0.25, 0.3) is 5.56 Å². The lowest BCUT2D eigenvalue weighted by molar-refractivity contribution is 0.210. The summed E-state index contributed by atoms with van der Waals surface area (Å²) in [7, 11) is 0. The highest BCUT2D eigenvalue weighted by molar-refractivity contribution is 7.98. The van der Waals surface area contributed by atoms with Crippen molar-refractivity contribution in [3.63, 3.8) is 0 Å². The molecule has 1 unspecified atom stereocenters. The Bertz CT molecular complexity index is 1200. The molecule has 0 N–H and O–H groups in total. The molecule has 0 amide bonds. The molecule has 3 heterocycles. The van der Waals surface area contributed by atoms with Gasteiger partial charge in [-0.2, -0.15) is 0 Å². The fraction of sp³-hybridized carbons (Fsp3) is 0.333. The van der Waals surface area contributed by atoms with Gasteiger partial charge < -0.3 is 9.30 Å². The van der Waals surface area contributed by atoms with Gasteiger partial charge in [-0.05, 0) is 38.0 Å². The topological polar surface area (TPSA) is 74.3 Å². The minimum absolute atomic E-state index is 0.0642. The Balaban J connectivity index is 1.48. The molecule has 4 rings (SSSR count). The first kappa shape index (κ1) is 20.6. The molecular weight excluding hydrogens is 418 g/mol. The summed E-state index contributed by atoms with van der Waals surface area (Å²) in [5, 5.41) is 11.4. The monoisotopic (exact) mass is 441 g/mol. The average molecular weight is 442 g/mol. The summed E-state index contributed by atoms with van der Waals surface area (Å²) in [4.78, 5) is 17.4. The van der Waals surface area contributed by atoms with Gasteiger partial charge in [0.2, 0.25) is 0 Å². The van der Waals surface area contributed by atoms with Crippen molar-refractivity contribution in [3.05, 3.63) is 69.3 Å². The maximum Gasteiger partial charge on any atom is 0.258 e. The van der Waals surface area contributed by atoms with Crippen molar-refractivity contribution in [2.45, 2.75) is 50.8 Å². The van der Waals surface area contributed by atoms with E-state index < -0.39 is 0 Å². The van der Waals surface area contributed by atoms with E-state index >= 15 is 0 Å². The Hall–Kier alpha value is -2.65. The van der Waals surface area contributed by atoms with Gasteiger partial charge in [-0.3, -0.25) is 9.20 Å². The number of hydrogen-bond donors (Lipinski definition) is 0. The van der Waals surface area contributed by atoms with Crippen LogP contribution in [-0.4, -0.2) is 24.1 Å². The second-order valence-corrected chi connectivity index (χ2v) is 8.59. The van der Waals surface area contributed by atoms with E-state index in [2.05, 4.69) is 41.2 Å². The van der Waals surface area contributed by atoms with Crippen LogP contribution in [0, 0.1) is 0 Å². The number of ether oxygens (including phenoxy) is 1. The fourth-order valence-corrected chi connectivity index (χ4v) is 4.81. The number of hydrogen-bond acceptors (Lipinski definition) is 7. The summed E-state index contributed by atoms with van der Waals surface area (Å²) in [6.45, 7) is 6.90. The van der Waals surface area contributed by atoms with Crippen molar-refractivity contribution in [1.29, 1.82) is 0 Å². The molecule has 3 aromatic heterocycles. The molecule has 0 aliphatic rings. The van der Waals surface area contributed by atoms with Gasteiger partial charge in [0.15, 0.2) is 22.0 Å². The van der Waals surface area contributed by atoms with Gasteiger partial charge in [-0.1, -0.05) is 30.8 Å². The Morgan fingerprint density at radius 3 is 2.73 bits per heavy atom. The number of nitrogens with zero attached hydrogens (tertiary/aromatic N) is 5. The molecule has 0 aliphatic carbocycles. The van der Waals surface area contributed by atoms with Crippen LogP contribution in [0.25, 0.3) is 4.96 Å². The normalized spacial score (nSPS) is 12.4. The molecule has 0 saturated heterocycles. The first-order valence-corrected chi connectivity index (χ1v) is 11.7. The highest BCUT2D eigenvalue weighted by atomic mass is 32.2. The van der Waals surface area contributed by atoms with Crippen LogP contribution in [-0.2, 0) is 18.7 Å². The van der Waals surface area contributed by atoms with Gasteiger partial charge in [-0.15, -0.1) is 21.5 Å².